The lowest BCUT2D eigenvalue weighted by Crippen LogP contribution is -2.17. The summed E-state index contributed by atoms with van der Waals surface area (Å²) in [5.41, 5.74) is 2.20. The largest absolute Gasteiger partial charge is 0.495 e. The molecule has 0 spiro atoms. The molecule has 0 aliphatic carbocycles. The number of anilines is 2. The summed E-state index contributed by atoms with van der Waals surface area (Å²) in [5, 5.41) is 3.66. The van der Waals surface area contributed by atoms with Gasteiger partial charge in [0.1, 0.15) is 12.0 Å². The van der Waals surface area contributed by atoms with E-state index in [-0.39, 0.29) is 6.23 Å². The Bertz CT molecular complexity index is 892. The van der Waals surface area contributed by atoms with E-state index in [9.17, 15) is 0 Å². The van der Waals surface area contributed by atoms with Crippen molar-refractivity contribution in [3.05, 3.63) is 30.6 Å². The highest BCUT2D eigenvalue weighted by Crippen LogP contribution is 2.32. The third kappa shape index (κ3) is 3.14. The number of aromatic nitrogens is 4. The summed E-state index contributed by atoms with van der Waals surface area (Å²) < 4.78 is 13.2. The highest BCUT2D eigenvalue weighted by molar-refractivity contribution is 7.80. The van der Waals surface area contributed by atoms with E-state index < -0.39 is 0 Å². The summed E-state index contributed by atoms with van der Waals surface area (Å²) in [6, 6.07) is 7.65. The lowest BCUT2D eigenvalue weighted by atomic mass is 10.2. The van der Waals surface area contributed by atoms with E-state index in [0.717, 1.165) is 37.3 Å². The topological polar surface area (TPSA) is 74.1 Å². The fraction of sp³-hybridized carbons (Fsp3) is 0.353. The van der Waals surface area contributed by atoms with Crippen LogP contribution < -0.4 is 10.1 Å². The Labute approximate surface area is 150 Å². The summed E-state index contributed by atoms with van der Waals surface area (Å²) in [7, 11) is 1.63. The van der Waals surface area contributed by atoms with Gasteiger partial charge in [0.25, 0.3) is 0 Å². The zero-order chi connectivity index (χ0) is 17.2. The zero-order valence-corrected chi connectivity index (χ0v) is 14.7. The maximum atomic E-state index is 5.86. The Kier molecular flexibility index (Phi) is 4.46. The Morgan fingerprint density at radius 2 is 2.16 bits per heavy atom. The van der Waals surface area contributed by atoms with Crippen LogP contribution in [0.2, 0.25) is 0 Å². The number of para-hydroxylation sites is 2. The van der Waals surface area contributed by atoms with Crippen LogP contribution in [0.3, 0.4) is 0 Å². The van der Waals surface area contributed by atoms with Gasteiger partial charge in [-0.2, -0.15) is 0 Å². The standard InChI is InChI=1S/C17H19N5O2S/c1-23-12-7-3-2-6-11(12)19-15-14-16(21-17(25)20-15)22(10-18-14)13-8-4-5-9-24-13/h2-3,6-7,10,13H,4-5,8-9H2,1H3,(H2,19,20,21,25). The van der Waals surface area contributed by atoms with Crippen LogP contribution in [0.15, 0.2) is 35.7 Å². The SMILES string of the molecule is COc1ccccc1Nc1nc(S)nc2c1ncn2C1CCCCO1. The van der Waals surface area contributed by atoms with Crippen molar-refractivity contribution in [2.24, 2.45) is 0 Å². The van der Waals surface area contributed by atoms with Crippen LogP contribution in [0.5, 0.6) is 5.75 Å². The third-order valence-electron chi connectivity index (χ3n) is 4.24. The number of ether oxygens (including phenoxy) is 2. The molecule has 1 aliphatic rings. The molecular weight excluding hydrogens is 338 g/mol. The number of nitrogens with one attached hydrogen (secondary N) is 1. The molecule has 130 valence electrons. The predicted octanol–water partition coefficient (Wildman–Crippen LogP) is 3.57. The molecule has 0 bridgehead atoms. The molecule has 1 N–H and O–H groups in total. The number of hydrogen-bond acceptors (Lipinski definition) is 7. The van der Waals surface area contributed by atoms with Crippen LogP contribution in [-0.4, -0.2) is 33.2 Å². The van der Waals surface area contributed by atoms with Crippen molar-refractivity contribution >= 4 is 35.3 Å². The minimum atomic E-state index is -0.0412. The average molecular weight is 357 g/mol. The molecule has 1 aromatic carbocycles. The van der Waals surface area contributed by atoms with Gasteiger partial charge >= 0.3 is 0 Å². The summed E-state index contributed by atoms with van der Waals surface area (Å²) in [6.45, 7) is 0.759. The lowest BCUT2D eigenvalue weighted by Gasteiger charge is -2.23. The predicted molar refractivity (Wildman–Crippen MR) is 97.7 cm³/mol. The number of thiol groups is 1. The number of rotatable bonds is 4. The van der Waals surface area contributed by atoms with Crippen molar-refractivity contribution in [2.45, 2.75) is 30.6 Å². The van der Waals surface area contributed by atoms with Gasteiger partial charge in [0.15, 0.2) is 22.1 Å². The number of methoxy groups -OCH3 is 1. The van der Waals surface area contributed by atoms with Crippen molar-refractivity contribution in [1.82, 2.24) is 19.5 Å². The van der Waals surface area contributed by atoms with Gasteiger partial charge in [-0.1, -0.05) is 12.1 Å². The van der Waals surface area contributed by atoms with Gasteiger partial charge in [-0.15, -0.1) is 12.6 Å². The fourth-order valence-corrected chi connectivity index (χ4v) is 3.22. The highest BCUT2D eigenvalue weighted by Gasteiger charge is 2.21. The van der Waals surface area contributed by atoms with Crippen molar-refractivity contribution in [1.29, 1.82) is 0 Å². The molecule has 4 rings (SSSR count). The van der Waals surface area contributed by atoms with Gasteiger partial charge < -0.3 is 14.8 Å². The van der Waals surface area contributed by atoms with Gasteiger partial charge in [-0.25, -0.2) is 15.0 Å². The molecule has 3 aromatic rings. The summed E-state index contributed by atoms with van der Waals surface area (Å²) >= 11 is 4.36. The van der Waals surface area contributed by atoms with Gasteiger partial charge in [0.05, 0.1) is 19.1 Å². The van der Waals surface area contributed by atoms with Crippen molar-refractivity contribution in [3.63, 3.8) is 0 Å². The van der Waals surface area contributed by atoms with Crippen molar-refractivity contribution in [3.8, 4) is 5.75 Å². The van der Waals surface area contributed by atoms with Crippen LogP contribution in [0.4, 0.5) is 11.5 Å². The second kappa shape index (κ2) is 6.89. The molecule has 2 aromatic heterocycles. The highest BCUT2D eigenvalue weighted by atomic mass is 32.1. The molecule has 3 heterocycles. The Morgan fingerprint density at radius 1 is 1.28 bits per heavy atom. The van der Waals surface area contributed by atoms with Crippen LogP contribution >= 0.6 is 12.6 Å². The molecule has 1 aliphatic heterocycles. The summed E-state index contributed by atoms with van der Waals surface area (Å²) in [6.07, 6.45) is 4.90. The average Bonchev–Trinajstić information content (AvgIpc) is 3.07. The molecule has 1 saturated heterocycles. The first kappa shape index (κ1) is 16.2. The van der Waals surface area contributed by atoms with Crippen molar-refractivity contribution in [2.75, 3.05) is 19.0 Å². The van der Waals surface area contributed by atoms with Gasteiger partial charge in [-0.05, 0) is 31.4 Å². The summed E-state index contributed by atoms with van der Waals surface area (Å²) in [5.74, 6) is 1.32. The maximum Gasteiger partial charge on any atom is 0.188 e. The maximum absolute atomic E-state index is 5.86. The van der Waals surface area contributed by atoms with Crippen LogP contribution in [0, 0.1) is 0 Å². The first-order valence-electron chi connectivity index (χ1n) is 8.21. The first-order valence-corrected chi connectivity index (χ1v) is 8.66. The Balaban J connectivity index is 1.75. The molecule has 1 fully saturated rings. The second-order valence-corrected chi connectivity index (χ2v) is 6.24. The van der Waals surface area contributed by atoms with Crippen LogP contribution in [0.1, 0.15) is 25.5 Å². The fourth-order valence-electron chi connectivity index (χ4n) is 3.02. The summed E-state index contributed by atoms with van der Waals surface area (Å²) in [4.78, 5) is 13.4. The van der Waals surface area contributed by atoms with E-state index in [1.165, 1.54) is 0 Å². The quantitative estimate of drug-likeness (QED) is 0.549. The zero-order valence-electron chi connectivity index (χ0n) is 13.8. The Hall–Kier alpha value is -2.32. The molecule has 0 radical (unpaired) electrons. The van der Waals surface area contributed by atoms with E-state index in [2.05, 4.69) is 32.9 Å². The third-order valence-corrected chi connectivity index (χ3v) is 4.44. The number of fused-ring (bicyclic) bond motifs is 1. The monoisotopic (exact) mass is 357 g/mol. The molecule has 25 heavy (non-hydrogen) atoms. The van der Waals surface area contributed by atoms with Crippen LogP contribution in [-0.2, 0) is 4.74 Å². The lowest BCUT2D eigenvalue weighted by molar-refractivity contribution is -0.0298. The van der Waals surface area contributed by atoms with E-state index in [1.807, 2.05) is 28.8 Å². The second-order valence-electron chi connectivity index (χ2n) is 5.84. The molecule has 8 heteroatoms. The number of imidazole rings is 1. The van der Waals surface area contributed by atoms with E-state index >= 15 is 0 Å². The molecule has 0 saturated carbocycles. The minimum Gasteiger partial charge on any atom is -0.495 e. The minimum absolute atomic E-state index is 0.0412. The number of hydrogen-bond donors (Lipinski definition) is 2. The van der Waals surface area contributed by atoms with Gasteiger partial charge in [-0.3, -0.25) is 4.57 Å². The van der Waals surface area contributed by atoms with Gasteiger partial charge in [0.2, 0.25) is 0 Å². The first-order chi connectivity index (χ1) is 12.3. The molecule has 1 atom stereocenters. The molecule has 1 unspecified atom stereocenters. The van der Waals surface area contributed by atoms with Gasteiger partial charge in [0, 0.05) is 6.61 Å². The smallest absolute Gasteiger partial charge is 0.188 e. The molecule has 7 nitrogen and oxygen atoms in total. The van der Waals surface area contributed by atoms with E-state index in [0.29, 0.717) is 22.1 Å². The molecule has 0 amide bonds. The number of benzene rings is 1. The van der Waals surface area contributed by atoms with E-state index in [1.54, 1.807) is 13.4 Å². The normalized spacial score (nSPS) is 17.6. The van der Waals surface area contributed by atoms with E-state index in [4.69, 9.17) is 9.47 Å². The Morgan fingerprint density at radius 3 is 2.96 bits per heavy atom. The molecular formula is C17H19N5O2S. The number of nitrogens with zero attached hydrogens (tertiary/aromatic N) is 4. The van der Waals surface area contributed by atoms with Crippen LogP contribution in [0.25, 0.3) is 11.2 Å². The van der Waals surface area contributed by atoms with Crippen molar-refractivity contribution < 1.29 is 9.47 Å².